The van der Waals surface area contributed by atoms with Crippen molar-refractivity contribution >= 4 is 0 Å². The van der Waals surface area contributed by atoms with Gasteiger partial charge in [0.05, 0.1) is 11.8 Å². The molecule has 0 saturated carbocycles. The predicted octanol–water partition coefficient (Wildman–Crippen LogP) is 0.0292. The van der Waals surface area contributed by atoms with E-state index in [-0.39, 0.29) is 0 Å². The zero-order valence-corrected chi connectivity index (χ0v) is 8.77. The molecule has 1 fully saturated rings. The number of hydrogen-bond donors (Lipinski definition) is 1. The molecule has 1 aromatic heterocycles. The molecule has 1 aromatic rings. The molecule has 0 radical (unpaired) electrons. The summed E-state index contributed by atoms with van der Waals surface area (Å²) in [6, 6.07) is 0. The van der Waals surface area contributed by atoms with Crippen LogP contribution in [0, 0.1) is 0 Å². The summed E-state index contributed by atoms with van der Waals surface area (Å²) < 4.78 is 1.78. The molecule has 1 atom stereocenters. The van der Waals surface area contributed by atoms with E-state index in [1.54, 1.807) is 4.68 Å². The highest BCUT2D eigenvalue weighted by Gasteiger charge is 2.34. The number of aryl methyl sites for hydroxylation is 1. The Balaban J connectivity index is 2.03. The first-order chi connectivity index (χ1) is 6.57. The summed E-state index contributed by atoms with van der Waals surface area (Å²) in [4.78, 5) is 2.16. The van der Waals surface area contributed by atoms with Crippen molar-refractivity contribution in [1.29, 1.82) is 0 Å². The van der Waals surface area contributed by atoms with Gasteiger partial charge in [-0.15, -0.1) is 0 Å². The van der Waals surface area contributed by atoms with Gasteiger partial charge in [-0.3, -0.25) is 4.68 Å². The molecule has 1 N–H and O–H groups in total. The quantitative estimate of drug-likeness (QED) is 0.724. The van der Waals surface area contributed by atoms with E-state index in [0.717, 1.165) is 25.1 Å². The fourth-order valence-electron chi connectivity index (χ4n) is 2.15. The van der Waals surface area contributed by atoms with Gasteiger partial charge in [0.15, 0.2) is 0 Å². The summed E-state index contributed by atoms with van der Waals surface area (Å²) in [5, 5.41) is 14.3. The highest BCUT2D eigenvalue weighted by molar-refractivity contribution is 5.10. The summed E-state index contributed by atoms with van der Waals surface area (Å²) in [5.41, 5.74) is 0.572. The van der Waals surface area contributed by atoms with Gasteiger partial charge in [-0.1, -0.05) is 0 Å². The number of nitrogens with zero attached hydrogens (tertiary/aromatic N) is 3. The fourth-order valence-corrected chi connectivity index (χ4v) is 2.15. The summed E-state index contributed by atoms with van der Waals surface area (Å²) >= 11 is 0. The second-order valence-electron chi connectivity index (χ2n) is 4.41. The molecule has 4 nitrogen and oxygen atoms in total. The molecule has 0 spiro atoms. The normalized spacial score (nSPS) is 28.5. The smallest absolute Gasteiger partial charge is 0.0827 e. The van der Waals surface area contributed by atoms with E-state index in [4.69, 9.17) is 0 Å². The average molecular weight is 195 g/mol. The zero-order valence-electron chi connectivity index (χ0n) is 8.77. The number of aliphatic hydroxyl groups is 1. The molecule has 78 valence electrons. The molecule has 1 saturated heterocycles. The lowest BCUT2D eigenvalue weighted by atomic mass is 9.96. The van der Waals surface area contributed by atoms with Gasteiger partial charge < -0.3 is 10.0 Å². The van der Waals surface area contributed by atoms with Crippen molar-refractivity contribution in [1.82, 2.24) is 14.7 Å². The molecule has 0 aliphatic carbocycles. The SMILES string of the molecule is CN1CCC(O)(Cc2cnn(C)c2)C1. The zero-order chi connectivity index (χ0) is 10.2. The van der Waals surface area contributed by atoms with E-state index >= 15 is 0 Å². The van der Waals surface area contributed by atoms with Crippen molar-refractivity contribution in [2.75, 3.05) is 20.1 Å². The van der Waals surface area contributed by atoms with Crippen LogP contribution in [0.25, 0.3) is 0 Å². The number of β-amino-alcohol motifs (C(OH)–C–C–N with tert-alkyl or cyclic N) is 1. The molecule has 0 bridgehead atoms. The second-order valence-corrected chi connectivity index (χ2v) is 4.41. The summed E-state index contributed by atoms with van der Waals surface area (Å²) in [5.74, 6) is 0. The monoisotopic (exact) mass is 195 g/mol. The Bertz CT molecular complexity index is 323. The van der Waals surface area contributed by atoms with Crippen LogP contribution in [0.15, 0.2) is 12.4 Å². The van der Waals surface area contributed by atoms with Crippen molar-refractivity contribution in [3.63, 3.8) is 0 Å². The van der Waals surface area contributed by atoms with E-state index in [1.807, 2.05) is 26.5 Å². The minimum atomic E-state index is -0.544. The lowest BCUT2D eigenvalue weighted by Crippen LogP contribution is -2.34. The van der Waals surface area contributed by atoms with Crippen LogP contribution in [0.1, 0.15) is 12.0 Å². The molecule has 14 heavy (non-hydrogen) atoms. The Morgan fingerprint density at radius 1 is 1.57 bits per heavy atom. The Morgan fingerprint density at radius 2 is 2.36 bits per heavy atom. The summed E-state index contributed by atoms with van der Waals surface area (Å²) in [7, 11) is 3.94. The third kappa shape index (κ3) is 1.96. The van der Waals surface area contributed by atoms with Crippen LogP contribution < -0.4 is 0 Å². The topological polar surface area (TPSA) is 41.3 Å². The Labute approximate surface area is 84.1 Å². The minimum absolute atomic E-state index is 0.544. The first kappa shape index (κ1) is 9.68. The van der Waals surface area contributed by atoms with Gasteiger partial charge in [-0.25, -0.2) is 0 Å². The third-order valence-electron chi connectivity index (χ3n) is 2.81. The molecule has 0 aromatic carbocycles. The van der Waals surface area contributed by atoms with Crippen molar-refractivity contribution < 1.29 is 5.11 Å². The maximum absolute atomic E-state index is 10.2. The van der Waals surface area contributed by atoms with Crippen LogP contribution in [0.5, 0.6) is 0 Å². The molecule has 4 heteroatoms. The van der Waals surface area contributed by atoms with E-state index in [2.05, 4.69) is 10.00 Å². The fraction of sp³-hybridized carbons (Fsp3) is 0.700. The second kappa shape index (κ2) is 3.37. The molecule has 2 rings (SSSR count). The largest absolute Gasteiger partial charge is 0.388 e. The Kier molecular flexibility index (Phi) is 2.33. The van der Waals surface area contributed by atoms with E-state index in [1.165, 1.54) is 0 Å². The minimum Gasteiger partial charge on any atom is -0.388 e. The van der Waals surface area contributed by atoms with Crippen molar-refractivity contribution in [2.24, 2.45) is 7.05 Å². The number of likely N-dealkylation sites (tertiary alicyclic amines) is 1. The van der Waals surface area contributed by atoms with Crippen molar-refractivity contribution in [3.8, 4) is 0 Å². The number of likely N-dealkylation sites (N-methyl/N-ethyl adjacent to an activating group) is 1. The molecule has 1 aliphatic rings. The van der Waals surface area contributed by atoms with Gasteiger partial charge in [-0.05, 0) is 19.0 Å². The number of hydrogen-bond acceptors (Lipinski definition) is 3. The maximum Gasteiger partial charge on any atom is 0.0827 e. The first-order valence-electron chi connectivity index (χ1n) is 4.96. The van der Waals surface area contributed by atoms with Gasteiger partial charge >= 0.3 is 0 Å². The van der Waals surface area contributed by atoms with Crippen molar-refractivity contribution in [2.45, 2.75) is 18.4 Å². The van der Waals surface area contributed by atoms with Gasteiger partial charge in [0.25, 0.3) is 0 Å². The lowest BCUT2D eigenvalue weighted by Gasteiger charge is -2.21. The molecule has 0 amide bonds. The van der Waals surface area contributed by atoms with E-state index in [0.29, 0.717) is 6.42 Å². The highest BCUT2D eigenvalue weighted by Crippen LogP contribution is 2.23. The van der Waals surface area contributed by atoms with E-state index in [9.17, 15) is 5.11 Å². The highest BCUT2D eigenvalue weighted by atomic mass is 16.3. The van der Waals surface area contributed by atoms with Crippen LogP contribution in [0.2, 0.25) is 0 Å². The average Bonchev–Trinajstić information content (AvgIpc) is 2.60. The molecular formula is C10H17N3O. The van der Waals surface area contributed by atoms with Gasteiger partial charge in [-0.2, -0.15) is 5.10 Å². The van der Waals surface area contributed by atoms with E-state index < -0.39 is 5.60 Å². The molecule has 2 heterocycles. The first-order valence-corrected chi connectivity index (χ1v) is 4.96. The number of rotatable bonds is 2. The Hall–Kier alpha value is -0.870. The maximum atomic E-state index is 10.2. The third-order valence-corrected chi connectivity index (χ3v) is 2.81. The van der Waals surface area contributed by atoms with Gasteiger partial charge in [0.1, 0.15) is 0 Å². The van der Waals surface area contributed by atoms with Gasteiger partial charge in [0.2, 0.25) is 0 Å². The summed E-state index contributed by atoms with van der Waals surface area (Å²) in [6.45, 7) is 1.75. The van der Waals surface area contributed by atoms with Crippen LogP contribution in [0.4, 0.5) is 0 Å². The lowest BCUT2D eigenvalue weighted by molar-refractivity contribution is 0.0523. The molecule has 1 unspecified atom stereocenters. The molecule has 1 aliphatic heterocycles. The van der Waals surface area contributed by atoms with Crippen LogP contribution in [-0.4, -0.2) is 45.5 Å². The number of aromatic nitrogens is 2. The van der Waals surface area contributed by atoms with Gasteiger partial charge in [0, 0.05) is 32.8 Å². The predicted molar refractivity (Wildman–Crippen MR) is 54.0 cm³/mol. The standard InChI is InChI=1S/C10H17N3O/c1-12-4-3-10(14,8-12)5-9-6-11-13(2)7-9/h6-7,14H,3-5,8H2,1-2H3. The summed E-state index contributed by atoms with van der Waals surface area (Å²) in [6.07, 6.45) is 5.37. The van der Waals surface area contributed by atoms with Crippen LogP contribution in [-0.2, 0) is 13.5 Å². The van der Waals surface area contributed by atoms with Crippen LogP contribution in [0.3, 0.4) is 0 Å². The molecular weight excluding hydrogens is 178 g/mol. The Morgan fingerprint density at radius 3 is 2.86 bits per heavy atom. The van der Waals surface area contributed by atoms with Crippen LogP contribution >= 0.6 is 0 Å². The van der Waals surface area contributed by atoms with Crippen molar-refractivity contribution in [3.05, 3.63) is 18.0 Å².